The Labute approximate surface area is 70.6 Å². The molecule has 0 fully saturated rings. The maximum absolute atomic E-state index is 10.4. The van der Waals surface area contributed by atoms with E-state index in [1.54, 1.807) is 12.1 Å². The zero-order chi connectivity index (χ0) is 8.97. The first-order valence-electron chi connectivity index (χ1n) is 3.58. The van der Waals surface area contributed by atoms with Crippen molar-refractivity contribution in [1.29, 1.82) is 0 Å². The van der Waals surface area contributed by atoms with Gasteiger partial charge in [0.2, 0.25) is 0 Å². The van der Waals surface area contributed by atoms with Gasteiger partial charge in [-0.1, -0.05) is 12.1 Å². The van der Waals surface area contributed by atoms with E-state index in [1.165, 1.54) is 0 Å². The van der Waals surface area contributed by atoms with Crippen LogP contribution in [-0.2, 0) is 6.54 Å². The molecule has 0 aromatic heterocycles. The maximum Gasteiger partial charge on any atom is 0.316 e. The normalized spacial score (nSPS) is 9.42. The van der Waals surface area contributed by atoms with E-state index < -0.39 is 6.03 Å². The monoisotopic (exact) mass is 165 g/mol. The molecule has 12 heavy (non-hydrogen) atoms. The van der Waals surface area contributed by atoms with Crippen LogP contribution in [0.1, 0.15) is 5.56 Å². The second kappa shape index (κ2) is 3.73. The van der Waals surface area contributed by atoms with Crippen molar-refractivity contribution in [1.82, 2.24) is 0 Å². The Bertz CT molecular complexity index is 268. The number of primary amides is 1. The molecule has 0 saturated heterocycles. The van der Waals surface area contributed by atoms with Crippen molar-refractivity contribution in [3.05, 3.63) is 29.8 Å². The van der Waals surface area contributed by atoms with Crippen LogP contribution in [0.25, 0.3) is 0 Å². The van der Waals surface area contributed by atoms with Crippen LogP contribution in [0.2, 0.25) is 0 Å². The molecule has 5 N–H and O–H groups in total. The summed E-state index contributed by atoms with van der Waals surface area (Å²) in [5.74, 6) is 0. The highest BCUT2D eigenvalue weighted by atomic mass is 16.2. The van der Waals surface area contributed by atoms with Gasteiger partial charge in [0.1, 0.15) is 0 Å². The minimum atomic E-state index is -0.560. The number of urea groups is 1. The van der Waals surface area contributed by atoms with Crippen molar-refractivity contribution >= 4 is 11.7 Å². The van der Waals surface area contributed by atoms with Crippen LogP contribution in [-0.4, -0.2) is 6.03 Å². The second-order valence-corrected chi connectivity index (χ2v) is 2.39. The number of carbonyl (C=O) groups is 1. The minimum Gasteiger partial charge on any atom is -0.351 e. The predicted molar refractivity (Wildman–Crippen MR) is 47.5 cm³/mol. The number of nitrogens with two attached hydrogens (primary N) is 2. The van der Waals surface area contributed by atoms with Crippen LogP contribution in [0.3, 0.4) is 0 Å². The lowest BCUT2D eigenvalue weighted by Gasteiger charge is -2.01. The third-order valence-electron chi connectivity index (χ3n) is 1.46. The van der Waals surface area contributed by atoms with E-state index in [9.17, 15) is 4.79 Å². The molecule has 4 heteroatoms. The first kappa shape index (κ1) is 8.55. The third kappa shape index (κ3) is 2.25. The summed E-state index contributed by atoms with van der Waals surface area (Å²) >= 11 is 0. The molecular weight excluding hydrogens is 154 g/mol. The van der Waals surface area contributed by atoms with Gasteiger partial charge in [0, 0.05) is 12.2 Å². The summed E-state index contributed by atoms with van der Waals surface area (Å²) in [6, 6.07) is 6.63. The van der Waals surface area contributed by atoms with Crippen molar-refractivity contribution in [2.45, 2.75) is 6.54 Å². The molecular formula is C8H11N3O. The van der Waals surface area contributed by atoms with Gasteiger partial charge in [-0.2, -0.15) is 0 Å². The van der Waals surface area contributed by atoms with Gasteiger partial charge in [-0.05, 0) is 17.7 Å². The average molecular weight is 165 g/mol. The van der Waals surface area contributed by atoms with Crippen LogP contribution in [0.4, 0.5) is 10.5 Å². The topological polar surface area (TPSA) is 81.1 Å². The molecule has 0 aliphatic carbocycles. The van der Waals surface area contributed by atoms with Crippen molar-refractivity contribution in [3.63, 3.8) is 0 Å². The highest BCUT2D eigenvalue weighted by molar-refractivity contribution is 5.87. The minimum absolute atomic E-state index is 0.497. The van der Waals surface area contributed by atoms with E-state index in [4.69, 9.17) is 11.5 Å². The lowest BCUT2D eigenvalue weighted by Crippen LogP contribution is -2.19. The molecule has 0 aliphatic rings. The fourth-order valence-electron chi connectivity index (χ4n) is 0.866. The molecule has 0 bridgehead atoms. The van der Waals surface area contributed by atoms with Gasteiger partial charge in [-0.15, -0.1) is 0 Å². The number of rotatable bonds is 2. The number of carbonyl (C=O) groups excluding carboxylic acids is 1. The number of anilines is 1. The van der Waals surface area contributed by atoms with Crippen LogP contribution < -0.4 is 16.8 Å². The number of benzene rings is 1. The van der Waals surface area contributed by atoms with Gasteiger partial charge in [-0.25, -0.2) is 4.79 Å². The van der Waals surface area contributed by atoms with Crippen molar-refractivity contribution < 1.29 is 4.79 Å². The third-order valence-corrected chi connectivity index (χ3v) is 1.46. The summed E-state index contributed by atoms with van der Waals surface area (Å²) in [5.41, 5.74) is 12.0. The van der Waals surface area contributed by atoms with Crippen LogP contribution in [0, 0.1) is 0 Å². The molecule has 1 aromatic carbocycles. The smallest absolute Gasteiger partial charge is 0.316 e. The van der Waals surface area contributed by atoms with Crippen LogP contribution in [0.5, 0.6) is 0 Å². The largest absolute Gasteiger partial charge is 0.351 e. The van der Waals surface area contributed by atoms with E-state index in [1.807, 2.05) is 12.1 Å². The zero-order valence-corrected chi connectivity index (χ0v) is 6.58. The predicted octanol–water partition coefficient (Wildman–Crippen LogP) is 0.636. The summed E-state index contributed by atoms with van der Waals surface area (Å²) in [5, 5.41) is 2.45. The standard InChI is InChI=1S/C8H11N3O/c9-5-6-1-3-7(4-2-6)11-8(10)12/h1-4H,5,9H2,(H3,10,11,12). The first-order valence-corrected chi connectivity index (χ1v) is 3.58. The quantitative estimate of drug-likeness (QED) is 0.601. The second-order valence-electron chi connectivity index (χ2n) is 2.39. The molecule has 4 nitrogen and oxygen atoms in total. The number of nitrogens with one attached hydrogen (secondary N) is 1. The molecule has 0 radical (unpaired) electrons. The van der Waals surface area contributed by atoms with Crippen LogP contribution in [0.15, 0.2) is 24.3 Å². The lowest BCUT2D eigenvalue weighted by molar-refractivity contribution is 0.259. The fourth-order valence-corrected chi connectivity index (χ4v) is 0.866. The summed E-state index contributed by atoms with van der Waals surface area (Å²) in [6.07, 6.45) is 0. The zero-order valence-electron chi connectivity index (χ0n) is 6.58. The van der Waals surface area contributed by atoms with E-state index in [2.05, 4.69) is 5.32 Å². The van der Waals surface area contributed by atoms with Gasteiger partial charge in [-0.3, -0.25) is 0 Å². The van der Waals surface area contributed by atoms with E-state index in [-0.39, 0.29) is 0 Å². The molecule has 0 saturated carbocycles. The SMILES string of the molecule is NCc1ccc(NC(N)=O)cc1. The molecule has 0 unspecified atom stereocenters. The van der Waals surface area contributed by atoms with E-state index in [0.29, 0.717) is 12.2 Å². The van der Waals surface area contributed by atoms with Gasteiger partial charge < -0.3 is 16.8 Å². The Morgan fingerprint density at radius 2 is 1.92 bits per heavy atom. The molecule has 1 rings (SSSR count). The molecule has 0 atom stereocenters. The molecule has 0 spiro atoms. The van der Waals surface area contributed by atoms with Gasteiger partial charge >= 0.3 is 6.03 Å². The first-order chi connectivity index (χ1) is 5.72. The van der Waals surface area contributed by atoms with Gasteiger partial charge in [0.25, 0.3) is 0 Å². The number of amides is 2. The molecule has 64 valence electrons. The Balaban J connectivity index is 2.71. The average Bonchev–Trinajstić information content (AvgIpc) is 2.05. The lowest BCUT2D eigenvalue weighted by atomic mass is 10.2. The van der Waals surface area contributed by atoms with E-state index >= 15 is 0 Å². The molecule has 1 aromatic rings. The van der Waals surface area contributed by atoms with Crippen molar-refractivity contribution in [2.24, 2.45) is 11.5 Å². The van der Waals surface area contributed by atoms with Crippen molar-refractivity contribution in [3.8, 4) is 0 Å². The molecule has 2 amide bonds. The summed E-state index contributed by atoms with van der Waals surface area (Å²) in [6.45, 7) is 0.497. The maximum atomic E-state index is 10.4. The number of hydrogen-bond acceptors (Lipinski definition) is 2. The van der Waals surface area contributed by atoms with Gasteiger partial charge in [0.05, 0.1) is 0 Å². The highest BCUT2D eigenvalue weighted by Gasteiger charge is 1.94. The Hall–Kier alpha value is -1.55. The fraction of sp³-hybridized carbons (Fsp3) is 0.125. The molecule has 0 aliphatic heterocycles. The van der Waals surface area contributed by atoms with Gasteiger partial charge in [0.15, 0.2) is 0 Å². The summed E-state index contributed by atoms with van der Waals surface area (Å²) < 4.78 is 0. The van der Waals surface area contributed by atoms with E-state index in [0.717, 1.165) is 5.56 Å². The highest BCUT2D eigenvalue weighted by Crippen LogP contribution is 2.08. The summed E-state index contributed by atoms with van der Waals surface area (Å²) in [4.78, 5) is 10.4. The molecule has 0 heterocycles. The number of hydrogen-bond donors (Lipinski definition) is 3. The Morgan fingerprint density at radius 1 is 1.33 bits per heavy atom. The Kier molecular flexibility index (Phi) is 2.66. The Morgan fingerprint density at radius 3 is 2.33 bits per heavy atom. The summed E-state index contributed by atoms with van der Waals surface area (Å²) in [7, 11) is 0. The van der Waals surface area contributed by atoms with Crippen LogP contribution >= 0.6 is 0 Å². The van der Waals surface area contributed by atoms with Crippen molar-refractivity contribution in [2.75, 3.05) is 5.32 Å².